The molecule has 4 rings (SSSR count). The smallest absolute Gasteiger partial charge is 0.280 e. The Morgan fingerprint density at radius 3 is 2.31 bits per heavy atom. The normalized spacial score (nSPS) is 10.6. The summed E-state index contributed by atoms with van der Waals surface area (Å²) in [5.74, 6) is -1.28. The minimum absolute atomic E-state index is 0.0435. The summed E-state index contributed by atoms with van der Waals surface area (Å²) >= 11 is 0. The molecule has 182 valence electrons. The topological polar surface area (TPSA) is 84.3 Å². The summed E-state index contributed by atoms with van der Waals surface area (Å²) in [6.45, 7) is 4.08. The predicted octanol–water partition coefficient (Wildman–Crippen LogP) is 4.53. The summed E-state index contributed by atoms with van der Waals surface area (Å²) in [5.41, 5.74) is 1.65. The van der Waals surface area contributed by atoms with Gasteiger partial charge in [0.05, 0.1) is 6.42 Å². The monoisotopic (exact) mass is 484 g/mol. The minimum atomic E-state index is -0.713. The molecule has 0 saturated heterocycles. The summed E-state index contributed by atoms with van der Waals surface area (Å²) in [6.07, 6.45) is 0.198. The molecule has 2 amide bonds. The maximum absolute atomic E-state index is 14.3. The molecule has 0 atom stereocenters. The Bertz CT molecular complexity index is 1450. The average molecular weight is 485 g/mol. The van der Waals surface area contributed by atoms with Gasteiger partial charge in [0.2, 0.25) is 11.3 Å². The third-order valence-electron chi connectivity index (χ3n) is 5.66. The lowest BCUT2D eigenvalue weighted by molar-refractivity contribution is -0.117. The van der Waals surface area contributed by atoms with E-state index in [1.165, 1.54) is 22.9 Å². The maximum atomic E-state index is 14.3. The number of aryl methyl sites for hydroxylation is 1. The largest absolute Gasteiger partial charge is 0.320 e. The molecular weight excluding hydrogens is 459 g/mol. The van der Waals surface area contributed by atoms with Gasteiger partial charge < -0.3 is 10.2 Å². The van der Waals surface area contributed by atoms with E-state index in [4.69, 9.17) is 0 Å². The van der Waals surface area contributed by atoms with Gasteiger partial charge in [0.25, 0.3) is 5.91 Å². The van der Waals surface area contributed by atoms with Crippen LogP contribution in [-0.2, 0) is 11.2 Å². The number of halogens is 1. The standard InChI is InChI=1S/C28H25FN4O3/c1-3-32(22-9-5-4-6-10-22)26(35)18-20-13-15-21(16-14-20)30-28(36)27-25(34)17-19(2)33(31-27)24-12-8-7-11-23(24)29/h4-17H,3,18H2,1-2H3,(H,30,36). The molecule has 1 aromatic heterocycles. The molecule has 7 nitrogen and oxygen atoms in total. The van der Waals surface area contributed by atoms with Gasteiger partial charge in [-0.15, -0.1) is 0 Å². The molecule has 0 unspecified atom stereocenters. The number of para-hydroxylation sites is 2. The zero-order valence-electron chi connectivity index (χ0n) is 19.9. The number of benzene rings is 3. The Labute approximate surface area is 207 Å². The van der Waals surface area contributed by atoms with Crippen molar-refractivity contribution in [3.05, 3.63) is 118 Å². The van der Waals surface area contributed by atoms with Gasteiger partial charge in [-0.1, -0.05) is 42.5 Å². The van der Waals surface area contributed by atoms with Crippen LogP contribution in [0.15, 0.2) is 89.7 Å². The van der Waals surface area contributed by atoms with Crippen LogP contribution < -0.4 is 15.6 Å². The van der Waals surface area contributed by atoms with E-state index < -0.39 is 17.2 Å². The third-order valence-corrected chi connectivity index (χ3v) is 5.66. The van der Waals surface area contributed by atoms with Gasteiger partial charge in [-0.2, -0.15) is 5.10 Å². The van der Waals surface area contributed by atoms with Crippen molar-refractivity contribution in [2.24, 2.45) is 0 Å². The van der Waals surface area contributed by atoms with Crippen LogP contribution in [0.4, 0.5) is 15.8 Å². The highest BCUT2D eigenvalue weighted by Crippen LogP contribution is 2.17. The SMILES string of the molecule is CCN(C(=O)Cc1ccc(NC(=O)c2nn(-c3ccccc3F)c(C)cc2=O)cc1)c1ccccc1. The number of aromatic nitrogens is 2. The number of hydrogen-bond donors (Lipinski definition) is 1. The number of rotatable bonds is 7. The second-order valence-electron chi connectivity index (χ2n) is 8.16. The Hall–Kier alpha value is -4.59. The maximum Gasteiger partial charge on any atom is 0.280 e. The second-order valence-corrected chi connectivity index (χ2v) is 8.16. The van der Waals surface area contributed by atoms with Crippen molar-refractivity contribution in [3.8, 4) is 5.69 Å². The van der Waals surface area contributed by atoms with Crippen LogP contribution in [0.2, 0.25) is 0 Å². The summed E-state index contributed by atoms with van der Waals surface area (Å²) in [4.78, 5) is 39.8. The third kappa shape index (κ3) is 5.38. The van der Waals surface area contributed by atoms with E-state index in [0.29, 0.717) is 17.9 Å². The predicted molar refractivity (Wildman–Crippen MR) is 137 cm³/mol. The molecule has 0 fully saturated rings. The lowest BCUT2D eigenvalue weighted by Gasteiger charge is -2.21. The Kier molecular flexibility index (Phi) is 7.34. The fourth-order valence-corrected chi connectivity index (χ4v) is 3.85. The van der Waals surface area contributed by atoms with E-state index in [0.717, 1.165) is 11.3 Å². The van der Waals surface area contributed by atoms with Gasteiger partial charge in [0, 0.05) is 29.7 Å². The molecule has 1 heterocycles. The van der Waals surface area contributed by atoms with Gasteiger partial charge in [-0.25, -0.2) is 9.07 Å². The second kappa shape index (κ2) is 10.8. The van der Waals surface area contributed by atoms with Crippen molar-refractivity contribution in [1.29, 1.82) is 0 Å². The first-order valence-electron chi connectivity index (χ1n) is 11.5. The van der Waals surface area contributed by atoms with Crippen molar-refractivity contribution in [2.45, 2.75) is 20.3 Å². The van der Waals surface area contributed by atoms with Crippen LogP contribution in [0.5, 0.6) is 0 Å². The van der Waals surface area contributed by atoms with Crippen molar-refractivity contribution in [3.63, 3.8) is 0 Å². The van der Waals surface area contributed by atoms with E-state index >= 15 is 0 Å². The molecule has 0 radical (unpaired) electrons. The first kappa shape index (κ1) is 24.5. The lowest BCUT2D eigenvalue weighted by Crippen LogP contribution is -2.31. The number of nitrogens with one attached hydrogen (secondary N) is 1. The molecule has 8 heteroatoms. The number of amides is 2. The number of nitrogens with zero attached hydrogens (tertiary/aromatic N) is 3. The van der Waals surface area contributed by atoms with E-state index in [-0.39, 0.29) is 23.7 Å². The van der Waals surface area contributed by atoms with Gasteiger partial charge in [0.15, 0.2) is 5.69 Å². The highest BCUT2D eigenvalue weighted by molar-refractivity contribution is 6.02. The van der Waals surface area contributed by atoms with Crippen molar-refractivity contribution in [1.82, 2.24) is 9.78 Å². The highest BCUT2D eigenvalue weighted by atomic mass is 19.1. The quantitative estimate of drug-likeness (QED) is 0.418. The van der Waals surface area contributed by atoms with Gasteiger partial charge in [-0.3, -0.25) is 14.4 Å². The number of carbonyl (C=O) groups is 2. The molecule has 3 aromatic carbocycles. The number of likely N-dealkylation sites (N-methyl/N-ethyl adjacent to an activating group) is 1. The molecule has 0 spiro atoms. The van der Waals surface area contributed by atoms with Gasteiger partial charge >= 0.3 is 0 Å². The molecule has 1 N–H and O–H groups in total. The van der Waals surface area contributed by atoms with E-state index in [2.05, 4.69) is 10.4 Å². The summed E-state index contributed by atoms with van der Waals surface area (Å²) < 4.78 is 15.5. The average Bonchev–Trinajstić information content (AvgIpc) is 2.87. The summed E-state index contributed by atoms with van der Waals surface area (Å²) in [5, 5.41) is 6.76. The lowest BCUT2D eigenvalue weighted by atomic mass is 10.1. The Morgan fingerprint density at radius 2 is 1.64 bits per heavy atom. The molecule has 0 aliphatic rings. The molecule has 0 aliphatic heterocycles. The Morgan fingerprint density at radius 1 is 0.972 bits per heavy atom. The van der Waals surface area contributed by atoms with Crippen LogP contribution in [0.1, 0.15) is 28.7 Å². The van der Waals surface area contributed by atoms with Crippen molar-refractivity contribution in [2.75, 3.05) is 16.8 Å². The summed E-state index contributed by atoms with van der Waals surface area (Å²) in [7, 11) is 0. The number of carbonyl (C=O) groups excluding carboxylic acids is 2. The molecule has 0 bridgehead atoms. The van der Waals surface area contributed by atoms with Crippen LogP contribution in [0.3, 0.4) is 0 Å². The van der Waals surface area contributed by atoms with E-state index in [1.54, 1.807) is 48.2 Å². The zero-order chi connectivity index (χ0) is 25.7. The Balaban J connectivity index is 1.49. The fraction of sp³-hybridized carbons (Fsp3) is 0.143. The molecule has 0 saturated carbocycles. The first-order valence-corrected chi connectivity index (χ1v) is 11.5. The molecular formula is C28H25FN4O3. The van der Waals surface area contributed by atoms with Gasteiger partial charge in [0.1, 0.15) is 11.5 Å². The zero-order valence-corrected chi connectivity index (χ0v) is 19.9. The fourth-order valence-electron chi connectivity index (χ4n) is 3.85. The highest BCUT2D eigenvalue weighted by Gasteiger charge is 2.18. The number of anilines is 2. The van der Waals surface area contributed by atoms with Crippen LogP contribution in [0, 0.1) is 12.7 Å². The van der Waals surface area contributed by atoms with Crippen molar-refractivity contribution >= 4 is 23.2 Å². The van der Waals surface area contributed by atoms with Crippen LogP contribution in [0.25, 0.3) is 5.69 Å². The van der Waals surface area contributed by atoms with Crippen LogP contribution in [-0.4, -0.2) is 28.1 Å². The number of hydrogen-bond acceptors (Lipinski definition) is 4. The summed E-state index contributed by atoms with van der Waals surface area (Å²) in [6, 6.07) is 23.5. The van der Waals surface area contributed by atoms with E-state index in [9.17, 15) is 18.8 Å². The molecule has 36 heavy (non-hydrogen) atoms. The molecule has 4 aromatic rings. The van der Waals surface area contributed by atoms with Crippen molar-refractivity contribution < 1.29 is 14.0 Å². The van der Waals surface area contributed by atoms with Crippen LogP contribution >= 0.6 is 0 Å². The first-order chi connectivity index (χ1) is 17.4. The van der Waals surface area contributed by atoms with E-state index in [1.807, 2.05) is 37.3 Å². The minimum Gasteiger partial charge on any atom is -0.320 e. The van der Waals surface area contributed by atoms with Gasteiger partial charge in [-0.05, 0) is 55.8 Å². The molecule has 0 aliphatic carbocycles.